The van der Waals surface area contributed by atoms with Crippen LogP contribution in [0, 0.1) is 6.92 Å². The van der Waals surface area contributed by atoms with E-state index >= 15 is 0 Å². The molecule has 0 radical (unpaired) electrons. The van der Waals surface area contributed by atoms with Crippen LogP contribution in [-0.2, 0) is 0 Å². The van der Waals surface area contributed by atoms with Gasteiger partial charge in [-0.25, -0.2) is 0 Å². The SMILES string of the molecule is CCCN(C1CC1)C(c1cccc(C)c1)C(C)N. The van der Waals surface area contributed by atoms with Crippen LogP contribution in [0.3, 0.4) is 0 Å². The lowest BCUT2D eigenvalue weighted by Crippen LogP contribution is -2.41. The number of nitrogens with zero attached hydrogens (tertiary/aromatic N) is 1. The monoisotopic (exact) mass is 246 g/mol. The first-order valence-electron chi connectivity index (χ1n) is 7.21. The number of benzene rings is 1. The maximum absolute atomic E-state index is 6.27. The molecule has 2 rings (SSSR count). The van der Waals surface area contributed by atoms with Crippen molar-refractivity contribution in [3.8, 4) is 0 Å². The maximum Gasteiger partial charge on any atom is 0.0499 e. The second-order valence-corrected chi connectivity index (χ2v) is 5.69. The predicted molar refractivity (Wildman–Crippen MR) is 77.6 cm³/mol. The molecule has 0 aromatic heterocycles. The van der Waals surface area contributed by atoms with E-state index in [0.29, 0.717) is 6.04 Å². The molecule has 1 saturated carbocycles. The third kappa shape index (κ3) is 3.12. The summed E-state index contributed by atoms with van der Waals surface area (Å²) in [5.41, 5.74) is 8.98. The Hall–Kier alpha value is -0.860. The van der Waals surface area contributed by atoms with Crippen molar-refractivity contribution in [1.29, 1.82) is 0 Å². The van der Waals surface area contributed by atoms with Crippen LogP contribution in [0.1, 0.15) is 50.3 Å². The van der Waals surface area contributed by atoms with Crippen molar-refractivity contribution in [2.75, 3.05) is 6.54 Å². The summed E-state index contributed by atoms with van der Waals surface area (Å²) < 4.78 is 0. The Kier molecular flexibility index (Phi) is 4.41. The van der Waals surface area contributed by atoms with Crippen LogP contribution in [0.5, 0.6) is 0 Å². The van der Waals surface area contributed by atoms with E-state index < -0.39 is 0 Å². The first kappa shape index (κ1) is 13.6. The number of hydrogen-bond donors (Lipinski definition) is 1. The van der Waals surface area contributed by atoms with Crippen LogP contribution in [0.25, 0.3) is 0 Å². The van der Waals surface area contributed by atoms with Gasteiger partial charge in [-0.3, -0.25) is 4.90 Å². The zero-order valence-corrected chi connectivity index (χ0v) is 11.9. The summed E-state index contributed by atoms with van der Waals surface area (Å²) in [4.78, 5) is 2.62. The first-order chi connectivity index (χ1) is 8.63. The molecule has 2 atom stereocenters. The third-order valence-electron chi connectivity index (χ3n) is 3.74. The fraction of sp³-hybridized carbons (Fsp3) is 0.625. The highest BCUT2D eigenvalue weighted by atomic mass is 15.2. The highest BCUT2D eigenvalue weighted by Gasteiger charge is 2.35. The highest BCUT2D eigenvalue weighted by Crippen LogP contribution is 2.36. The van der Waals surface area contributed by atoms with Crippen molar-refractivity contribution >= 4 is 0 Å². The molecule has 1 aromatic carbocycles. The molecule has 2 unspecified atom stereocenters. The second-order valence-electron chi connectivity index (χ2n) is 5.69. The Labute approximate surface area is 111 Å². The molecule has 2 nitrogen and oxygen atoms in total. The topological polar surface area (TPSA) is 29.3 Å². The molecule has 100 valence electrons. The third-order valence-corrected chi connectivity index (χ3v) is 3.74. The summed E-state index contributed by atoms with van der Waals surface area (Å²) in [6, 6.07) is 10.1. The van der Waals surface area contributed by atoms with E-state index in [1.54, 1.807) is 0 Å². The number of aryl methyl sites for hydroxylation is 1. The molecule has 0 saturated heterocycles. The van der Waals surface area contributed by atoms with Gasteiger partial charge in [-0.15, -0.1) is 0 Å². The first-order valence-corrected chi connectivity index (χ1v) is 7.21. The van der Waals surface area contributed by atoms with Crippen molar-refractivity contribution in [3.63, 3.8) is 0 Å². The normalized spacial score (nSPS) is 18.9. The summed E-state index contributed by atoms with van der Waals surface area (Å²) in [6.07, 6.45) is 3.88. The maximum atomic E-state index is 6.27. The van der Waals surface area contributed by atoms with Crippen molar-refractivity contribution < 1.29 is 0 Å². The van der Waals surface area contributed by atoms with E-state index in [2.05, 4.69) is 49.9 Å². The molecule has 18 heavy (non-hydrogen) atoms. The van der Waals surface area contributed by atoms with E-state index in [-0.39, 0.29) is 6.04 Å². The standard InChI is InChI=1S/C16H26N2/c1-4-10-18(15-8-9-15)16(13(3)17)14-7-5-6-12(2)11-14/h5-7,11,13,15-16H,4,8-10,17H2,1-3H3. The molecule has 0 heterocycles. The van der Waals surface area contributed by atoms with Gasteiger partial charge in [-0.05, 0) is 45.2 Å². The molecule has 2 N–H and O–H groups in total. The van der Waals surface area contributed by atoms with E-state index in [1.165, 1.54) is 30.4 Å². The molecular formula is C16H26N2. The molecule has 1 aromatic rings. The van der Waals surface area contributed by atoms with Gasteiger partial charge in [-0.1, -0.05) is 36.8 Å². The minimum absolute atomic E-state index is 0.180. The average molecular weight is 246 g/mol. The molecule has 1 aliphatic carbocycles. The van der Waals surface area contributed by atoms with Crippen LogP contribution in [0.4, 0.5) is 0 Å². The minimum atomic E-state index is 0.180. The Morgan fingerprint density at radius 2 is 2.11 bits per heavy atom. The van der Waals surface area contributed by atoms with Crippen LogP contribution < -0.4 is 5.73 Å². The van der Waals surface area contributed by atoms with E-state index in [0.717, 1.165) is 12.6 Å². The molecular weight excluding hydrogens is 220 g/mol. The Bertz CT molecular complexity index is 382. The van der Waals surface area contributed by atoms with Crippen molar-refractivity contribution in [2.24, 2.45) is 5.73 Å². The Morgan fingerprint density at radius 3 is 2.61 bits per heavy atom. The van der Waals surface area contributed by atoms with Gasteiger partial charge in [-0.2, -0.15) is 0 Å². The summed E-state index contributed by atoms with van der Waals surface area (Å²) >= 11 is 0. The fourth-order valence-electron chi connectivity index (χ4n) is 2.86. The largest absolute Gasteiger partial charge is 0.326 e. The zero-order chi connectivity index (χ0) is 13.1. The average Bonchev–Trinajstić information content (AvgIpc) is 3.11. The molecule has 1 fully saturated rings. The fourth-order valence-corrected chi connectivity index (χ4v) is 2.86. The van der Waals surface area contributed by atoms with Gasteiger partial charge in [0.05, 0.1) is 0 Å². The summed E-state index contributed by atoms with van der Waals surface area (Å²) in [6.45, 7) is 7.70. The lowest BCUT2D eigenvalue weighted by molar-refractivity contribution is 0.166. The van der Waals surface area contributed by atoms with Gasteiger partial charge < -0.3 is 5.73 Å². The lowest BCUT2D eigenvalue weighted by atomic mass is 9.97. The van der Waals surface area contributed by atoms with Gasteiger partial charge in [0.1, 0.15) is 0 Å². The second kappa shape index (κ2) is 5.85. The van der Waals surface area contributed by atoms with Gasteiger partial charge in [0.2, 0.25) is 0 Å². The minimum Gasteiger partial charge on any atom is -0.326 e. The van der Waals surface area contributed by atoms with Crippen LogP contribution in [0.2, 0.25) is 0 Å². The summed E-state index contributed by atoms with van der Waals surface area (Å²) in [5, 5.41) is 0. The van der Waals surface area contributed by atoms with Crippen LogP contribution in [0.15, 0.2) is 24.3 Å². The van der Waals surface area contributed by atoms with Crippen molar-refractivity contribution in [3.05, 3.63) is 35.4 Å². The molecule has 0 amide bonds. The molecule has 1 aliphatic rings. The molecule has 0 aliphatic heterocycles. The highest BCUT2D eigenvalue weighted by molar-refractivity contribution is 5.26. The van der Waals surface area contributed by atoms with E-state index in [4.69, 9.17) is 5.73 Å². The van der Waals surface area contributed by atoms with Crippen molar-refractivity contribution in [2.45, 2.75) is 58.2 Å². The number of hydrogen-bond acceptors (Lipinski definition) is 2. The van der Waals surface area contributed by atoms with Gasteiger partial charge in [0, 0.05) is 18.1 Å². The van der Waals surface area contributed by atoms with Gasteiger partial charge in [0.15, 0.2) is 0 Å². The predicted octanol–water partition coefficient (Wildman–Crippen LogP) is 3.26. The molecule has 0 bridgehead atoms. The van der Waals surface area contributed by atoms with Crippen LogP contribution >= 0.6 is 0 Å². The van der Waals surface area contributed by atoms with Crippen molar-refractivity contribution in [1.82, 2.24) is 4.90 Å². The van der Waals surface area contributed by atoms with E-state index in [1.807, 2.05) is 0 Å². The summed E-state index contributed by atoms with van der Waals surface area (Å²) in [5.74, 6) is 0. The molecule has 2 heteroatoms. The van der Waals surface area contributed by atoms with Gasteiger partial charge >= 0.3 is 0 Å². The van der Waals surface area contributed by atoms with Crippen LogP contribution in [-0.4, -0.2) is 23.5 Å². The summed E-state index contributed by atoms with van der Waals surface area (Å²) in [7, 11) is 0. The van der Waals surface area contributed by atoms with E-state index in [9.17, 15) is 0 Å². The Morgan fingerprint density at radius 1 is 1.39 bits per heavy atom. The number of rotatable bonds is 6. The Balaban J connectivity index is 2.25. The zero-order valence-electron chi connectivity index (χ0n) is 11.9. The quantitative estimate of drug-likeness (QED) is 0.835. The molecule has 0 spiro atoms. The smallest absolute Gasteiger partial charge is 0.0499 e. The van der Waals surface area contributed by atoms with Gasteiger partial charge in [0.25, 0.3) is 0 Å². The number of nitrogens with two attached hydrogens (primary N) is 1. The lowest BCUT2D eigenvalue weighted by Gasteiger charge is -2.35.